The number of hydrogen-bond acceptors (Lipinski definition) is 4. The highest BCUT2D eigenvalue weighted by atomic mass is 19.1. The number of carbonyl (C=O) groups is 1. The lowest BCUT2D eigenvalue weighted by molar-refractivity contribution is -0.123. The van der Waals surface area contributed by atoms with Gasteiger partial charge in [0.2, 0.25) is 0 Å². The summed E-state index contributed by atoms with van der Waals surface area (Å²) >= 11 is 0. The molecule has 0 fully saturated rings. The number of rotatable bonds is 7. The van der Waals surface area contributed by atoms with Gasteiger partial charge in [-0.25, -0.2) is 9.07 Å². The summed E-state index contributed by atoms with van der Waals surface area (Å²) in [6, 6.07) is 8.44. The number of amides is 1. The second-order valence-electron chi connectivity index (χ2n) is 4.53. The first-order valence-corrected chi connectivity index (χ1v) is 6.82. The van der Waals surface area contributed by atoms with Crippen molar-refractivity contribution in [2.45, 2.75) is 13.0 Å². The molecular formula is C15H16FN3O3. The Bertz CT molecular complexity index is 670. The Labute approximate surface area is 126 Å². The molecule has 0 bridgehead atoms. The number of aromatic nitrogens is 2. The van der Waals surface area contributed by atoms with Crippen molar-refractivity contribution >= 4 is 5.91 Å². The number of aryl methyl sites for hydroxylation is 1. The maximum Gasteiger partial charge on any atom is 0.266 e. The normalized spacial score (nSPS) is 10.2. The topological polar surface area (TPSA) is 73.2 Å². The van der Waals surface area contributed by atoms with Gasteiger partial charge >= 0.3 is 0 Å². The number of ether oxygens (including phenoxy) is 1. The fraction of sp³-hybridized carbons (Fsp3) is 0.267. The quantitative estimate of drug-likeness (QED) is 0.774. The van der Waals surface area contributed by atoms with Gasteiger partial charge in [0.05, 0.1) is 0 Å². The van der Waals surface area contributed by atoms with Crippen LogP contribution in [-0.4, -0.2) is 28.8 Å². The van der Waals surface area contributed by atoms with E-state index in [1.165, 1.54) is 41.2 Å². The van der Waals surface area contributed by atoms with Gasteiger partial charge in [0.1, 0.15) is 11.6 Å². The molecule has 7 heteroatoms. The second kappa shape index (κ2) is 7.92. The van der Waals surface area contributed by atoms with Gasteiger partial charge in [-0.1, -0.05) is 0 Å². The Morgan fingerprint density at radius 3 is 2.77 bits per heavy atom. The van der Waals surface area contributed by atoms with Crippen molar-refractivity contribution in [2.75, 3.05) is 13.2 Å². The number of hydrogen-bond donors (Lipinski definition) is 1. The van der Waals surface area contributed by atoms with Crippen molar-refractivity contribution in [2.24, 2.45) is 0 Å². The van der Waals surface area contributed by atoms with Gasteiger partial charge < -0.3 is 10.1 Å². The first-order valence-electron chi connectivity index (χ1n) is 6.82. The van der Waals surface area contributed by atoms with Crippen LogP contribution in [0.25, 0.3) is 0 Å². The SMILES string of the molecule is O=C(COc1ccc(F)cc1)NCCCn1ncccc1=O. The lowest BCUT2D eigenvalue weighted by Crippen LogP contribution is -2.31. The molecule has 0 unspecified atom stereocenters. The zero-order chi connectivity index (χ0) is 15.8. The Morgan fingerprint density at radius 1 is 1.27 bits per heavy atom. The molecule has 0 saturated heterocycles. The molecule has 116 valence electrons. The highest BCUT2D eigenvalue weighted by Crippen LogP contribution is 2.10. The second-order valence-corrected chi connectivity index (χ2v) is 4.53. The Balaban J connectivity index is 1.65. The highest BCUT2D eigenvalue weighted by molar-refractivity contribution is 5.77. The first-order chi connectivity index (χ1) is 10.6. The van der Waals surface area contributed by atoms with E-state index in [2.05, 4.69) is 10.4 Å². The minimum atomic E-state index is -0.360. The number of carbonyl (C=O) groups excluding carboxylic acids is 1. The summed E-state index contributed by atoms with van der Waals surface area (Å²) in [5, 5.41) is 6.59. The smallest absolute Gasteiger partial charge is 0.266 e. The summed E-state index contributed by atoms with van der Waals surface area (Å²) in [5.41, 5.74) is -0.173. The minimum Gasteiger partial charge on any atom is -0.484 e. The van der Waals surface area contributed by atoms with Gasteiger partial charge in [-0.3, -0.25) is 9.59 Å². The molecule has 0 aliphatic carbocycles. The van der Waals surface area contributed by atoms with Gasteiger partial charge in [0.15, 0.2) is 6.61 Å². The van der Waals surface area contributed by atoms with Crippen molar-refractivity contribution in [1.82, 2.24) is 15.1 Å². The molecule has 0 aliphatic heterocycles. The van der Waals surface area contributed by atoms with Crippen LogP contribution in [-0.2, 0) is 11.3 Å². The van der Waals surface area contributed by atoms with Gasteiger partial charge in [-0.05, 0) is 36.8 Å². The van der Waals surface area contributed by atoms with E-state index in [-0.39, 0.29) is 23.9 Å². The van der Waals surface area contributed by atoms with E-state index in [1.54, 1.807) is 6.07 Å². The van der Waals surface area contributed by atoms with Crippen molar-refractivity contribution < 1.29 is 13.9 Å². The summed E-state index contributed by atoms with van der Waals surface area (Å²) in [6.07, 6.45) is 2.12. The van der Waals surface area contributed by atoms with Gasteiger partial charge in [-0.15, -0.1) is 0 Å². The van der Waals surface area contributed by atoms with Crippen molar-refractivity contribution in [3.63, 3.8) is 0 Å². The highest BCUT2D eigenvalue weighted by Gasteiger charge is 2.03. The molecule has 2 aromatic rings. The van der Waals surface area contributed by atoms with E-state index in [0.29, 0.717) is 25.3 Å². The number of benzene rings is 1. The molecule has 1 N–H and O–H groups in total. The van der Waals surface area contributed by atoms with E-state index < -0.39 is 0 Å². The molecule has 0 atom stereocenters. The minimum absolute atomic E-state index is 0.144. The molecule has 22 heavy (non-hydrogen) atoms. The van der Waals surface area contributed by atoms with Crippen LogP contribution in [0.15, 0.2) is 47.4 Å². The molecule has 0 radical (unpaired) electrons. The maximum atomic E-state index is 12.7. The standard InChI is InChI=1S/C15H16FN3O3/c16-12-4-6-13(7-5-12)22-11-14(20)17-8-2-10-19-15(21)3-1-9-18-19/h1,3-7,9H,2,8,10-11H2,(H,17,20). The molecule has 0 saturated carbocycles. The molecule has 1 aromatic carbocycles. The van der Waals surface area contributed by atoms with Crippen molar-refractivity contribution in [3.05, 3.63) is 58.8 Å². The van der Waals surface area contributed by atoms with Crippen LogP contribution in [0, 0.1) is 5.82 Å². The van der Waals surface area contributed by atoms with E-state index in [1.807, 2.05) is 0 Å². The van der Waals surface area contributed by atoms with E-state index in [4.69, 9.17) is 4.74 Å². The summed E-state index contributed by atoms with van der Waals surface area (Å²) in [7, 11) is 0. The first kappa shape index (κ1) is 15.7. The molecular weight excluding hydrogens is 289 g/mol. The fourth-order valence-electron chi connectivity index (χ4n) is 1.74. The molecule has 6 nitrogen and oxygen atoms in total. The van der Waals surface area contributed by atoms with E-state index >= 15 is 0 Å². The zero-order valence-corrected chi connectivity index (χ0v) is 11.9. The monoisotopic (exact) mass is 305 g/mol. The lowest BCUT2D eigenvalue weighted by atomic mass is 10.3. The third kappa shape index (κ3) is 5.01. The van der Waals surface area contributed by atoms with Crippen LogP contribution in [0.3, 0.4) is 0 Å². The van der Waals surface area contributed by atoms with Crippen LogP contribution in [0.4, 0.5) is 4.39 Å². The van der Waals surface area contributed by atoms with E-state index in [9.17, 15) is 14.0 Å². The predicted molar refractivity (Wildman–Crippen MR) is 78.0 cm³/mol. The van der Waals surface area contributed by atoms with E-state index in [0.717, 1.165) is 0 Å². The van der Waals surface area contributed by atoms with Gasteiger partial charge in [0, 0.05) is 25.4 Å². The molecule has 0 spiro atoms. The van der Waals surface area contributed by atoms with Crippen LogP contribution >= 0.6 is 0 Å². The zero-order valence-electron chi connectivity index (χ0n) is 11.9. The Morgan fingerprint density at radius 2 is 2.05 bits per heavy atom. The van der Waals surface area contributed by atoms with Gasteiger partial charge in [-0.2, -0.15) is 5.10 Å². The molecule has 1 aromatic heterocycles. The van der Waals surface area contributed by atoms with Crippen LogP contribution in [0.2, 0.25) is 0 Å². The maximum absolute atomic E-state index is 12.7. The number of nitrogens with one attached hydrogen (secondary N) is 1. The number of halogens is 1. The molecule has 1 amide bonds. The number of nitrogens with zero attached hydrogens (tertiary/aromatic N) is 2. The predicted octanol–water partition coefficient (Wildman–Crippen LogP) is 0.968. The molecule has 1 heterocycles. The largest absolute Gasteiger partial charge is 0.484 e. The Hall–Kier alpha value is -2.70. The van der Waals surface area contributed by atoms with Crippen molar-refractivity contribution in [3.8, 4) is 5.75 Å². The van der Waals surface area contributed by atoms with Gasteiger partial charge in [0.25, 0.3) is 11.5 Å². The molecule has 2 rings (SSSR count). The lowest BCUT2D eigenvalue weighted by Gasteiger charge is -2.08. The summed E-state index contributed by atoms with van der Waals surface area (Å²) in [6.45, 7) is 0.697. The summed E-state index contributed by atoms with van der Waals surface area (Å²) in [4.78, 5) is 23.0. The van der Waals surface area contributed by atoms with Crippen molar-refractivity contribution in [1.29, 1.82) is 0 Å². The average molecular weight is 305 g/mol. The summed E-state index contributed by atoms with van der Waals surface area (Å²) in [5.74, 6) is -0.212. The third-order valence-corrected chi connectivity index (χ3v) is 2.84. The fourth-order valence-corrected chi connectivity index (χ4v) is 1.74. The van der Waals surface area contributed by atoms with Crippen LogP contribution in [0.1, 0.15) is 6.42 Å². The Kier molecular flexibility index (Phi) is 5.65. The average Bonchev–Trinajstić information content (AvgIpc) is 2.52. The van der Waals surface area contributed by atoms with Crippen LogP contribution < -0.4 is 15.6 Å². The van der Waals surface area contributed by atoms with Crippen LogP contribution in [0.5, 0.6) is 5.75 Å². The molecule has 0 aliphatic rings. The third-order valence-electron chi connectivity index (χ3n) is 2.84. The summed E-state index contributed by atoms with van der Waals surface area (Å²) < 4.78 is 19.2.